The van der Waals surface area contributed by atoms with Crippen molar-refractivity contribution < 1.29 is 8.42 Å². The first kappa shape index (κ1) is 17.6. The summed E-state index contributed by atoms with van der Waals surface area (Å²) in [6.45, 7) is 2.85. The second kappa shape index (κ2) is 6.93. The molecule has 0 aliphatic rings. The summed E-state index contributed by atoms with van der Waals surface area (Å²) < 4.78 is 27.3. The van der Waals surface area contributed by atoms with E-state index in [4.69, 9.17) is 5.73 Å². The quantitative estimate of drug-likeness (QED) is 0.657. The summed E-state index contributed by atoms with van der Waals surface area (Å²) in [4.78, 5) is 13.5. The molecule has 0 fully saturated rings. The predicted molar refractivity (Wildman–Crippen MR) is 98.7 cm³/mol. The van der Waals surface area contributed by atoms with Crippen LogP contribution in [0.5, 0.6) is 0 Å². The van der Waals surface area contributed by atoms with Gasteiger partial charge in [0.05, 0.1) is 11.8 Å². The number of aromatic nitrogens is 4. The predicted octanol–water partition coefficient (Wildman–Crippen LogP) is 1.45. The highest BCUT2D eigenvalue weighted by Gasteiger charge is 2.18. The van der Waals surface area contributed by atoms with E-state index in [1.165, 1.54) is 0 Å². The number of aryl methyl sites for hydroxylation is 1. The zero-order chi connectivity index (χ0) is 18.0. The standard InChI is InChI=1S/C16H22N6O2S/c1-3-4-7-12-21-14-15(22(12)10-9-19-25(2,23)24)13-11(20-16(14)17)6-5-8-18-13/h5-6,8,19H,3-4,7,9-10H2,1-2H3,(H2,17,20). The molecule has 0 aliphatic carbocycles. The Balaban J connectivity index is 2.14. The summed E-state index contributed by atoms with van der Waals surface area (Å²) in [5.41, 5.74) is 8.96. The molecule has 3 aromatic rings. The van der Waals surface area contributed by atoms with Gasteiger partial charge in [-0.05, 0) is 18.6 Å². The van der Waals surface area contributed by atoms with E-state index in [2.05, 4.69) is 26.6 Å². The Hall–Kier alpha value is -2.26. The number of hydrogen-bond donors (Lipinski definition) is 2. The van der Waals surface area contributed by atoms with Crippen molar-refractivity contribution in [3.63, 3.8) is 0 Å². The zero-order valence-electron chi connectivity index (χ0n) is 14.4. The maximum absolute atomic E-state index is 11.4. The van der Waals surface area contributed by atoms with Gasteiger partial charge < -0.3 is 10.3 Å². The lowest BCUT2D eigenvalue weighted by atomic mass is 10.2. The molecule has 3 N–H and O–H groups in total. The number of nitrogens with one attached hydrogen (secondary N) is 1. The normalized spacial score (nSPS) is 12.2. The number of nitrogens with zero attached hydrogens (tertiary/aromatic N) is 4. The molecule has 0 aromatic carbocycles. The Labute approximate surface area is 146 Å². The number of unbranched alkanes of at least 4 members (excludes halogenated alkanes) is 1. The van der Waals surface area contributed by atoms with Gasteiger partial charge in [0.2, 0.25) is 10.0 Å². The summed E-state index contributed by atoms with van der Waals surface area (Å²) in [5, 5.41) is 0. The summed E-state index contributed by atoms with van der Waals surface area (Å²) in [6, 6.07) is 3.67. The Morgan fingerprint density at radius 3 is 2.80 bits per heavy atom. The highest BCUT2D eigenvalue weighted by Crippen LogP contribution is 2.27. The fraction of sp³-hybridized carbons (Fsp3) is 0.438. The lowest BCUT2D eigenvalue weighted by Crippen LogP contribution is -2.26. The van der Waals surface area contributed by atoms with Gasteiger partial charge in [-0.1, -0.05) is 13.3 Å². The fourth-order valence-electron chi connectivity index (χ4n) is 2.88. The van der Waals surface area contributed by atoms with Crippen LogP contribution < -0.4 is 10.5 Å². The smallest absolute Gasteiger partial charge is 0.208 e. The van der Waals surface area contributed by atoms with Crippen LogP contribution in [0.4, 0.5) is 5.82 Å². The number of pyridine rings is 2. The fourth-order valence-corrected chi connectivity index (χ4v) is 3.34. The van der Waals surface area contributed by atoms with E-state index in [0.29, 0.717) is 23.4 Å². The Morgan fingerprint density at radius 1 is 1.28 bits per heavy atom. The minimum absolute atomic E-state index is 0.278. The van der Waals surface area contributed by atoms with Crippen LogP contribution in [0.25, 0.3) is 22.1 Å². The van der Waals surface area contributed by atoms with Crippen molar-refractivity contribution in [2.75, 3.05) is 18.5 Å². The molecule has 0 aliphatic heterocycles. The summed E-state index contributed by atoms with van der Waals surface area (Å²) in [7, 11) is -3.25. The van der Waals surface area contributed by atoms with Gasteiger partial charge in [0.1, 0.15) is 22.4 Å². The van der Waals surface area contributed by atoms with Crippen molar-refractivity contribution in [1.29, 1.82) is 0 Å². The molecule has 0 amide bonds. The molecule has 0 unspecified atom stereocenters. The van der Waals surface area contributed by atoms with E-state index in [0.717, 1.165) is 42.4 Å². The number of nitrogens with two attached hydrogens (primary N) is 1. The Kier molecular flexibility index (Phi) is 4.87. The lowest BCUT2D eigenvalue weighted by molar-refractivity contribution is 0.575. The van der Waals surface area contributed by atoms with Crippen molar-refractivity contribution in [3.05, 3.63) is 24.2 Å². The molecule has 0 spiro atoms. The van der Waals surface area contributed by atoms with Crippen molar-refractivity contribution in [1.82, 2.24) is 24.2 Å². The van der Waals surface area contributed by atoms with Crippen LogP contribution >= 0.6 is 0 Å². The largest absolute Gasteiger partial charge is 0.382 e. The number of rotatable bonds is 7. The Bertz CT molecular complexity index is 1010. The molecule has 0 bridgehead atoms. The van der Waals surface area contributed by atoms with Crippen molar-refractivity contribution in [3.8, 4) is 0 Å². The number of sulfonamides is 1. The van der Waals surface area contributed by atoms with Gasteiger partial charge in [0.25, 0.3) is 0 Å². The number of anilines is 1. The van der Waals surface area contributed by atoms with E-state index in [9.17, 15) is 8.42 Å². The molecule has 0 radical (unpaired) electrons. The van der Waals surface area contributed by atoms with Crippen LogP contribution in [0.1, 0.15) is 25.6 Å². The van der Waals surface area contributed by atoms with Gasteiger partial charge in [0, 0.05) is 25.7 Å². The van der Waals surface area contributed by atoms with Crippen molar-refractivity contribution in [2.24, 2.45) is 0 Å². The first-order valence-corrected chi connectivity index (χ1v) is 10.1. The molecule has 8 nitrogen and oxygen atoms in total. The second-order valence-electron chi connectivity index (χ2n) is 6.02. The van der Waals surface area contributed by atoms with E-state index in [1.807, 2.05) is 16.7 Å². The van der Waals surface area contributed by atoms with E-state index < -0.39 is 10.0 Å². The van der Waals surface area contributed by atoms with Gasteiger partial charge in [0.15, 0.2) is 5.82 Å². The maximum atomic E-state index is 11.4. The van der Waals surface area contributed by atoms with Crippen molar-refractivity contribution >= 4 is 37.9 Å². The molecular formula is C16H22N6O2S. The molecule has 134 valence electrons. The van der Waals surface area contributed by atoms with E-state index in [1.54, 1.807) is 6.20 Å². The SMILES string of the molecule is CCCCc1nc2c(N)nc3cccnc3c2n1CCNS(C)(=O)=O. The third kappa shape index (κ3) is 3.72. The molecule has 9 heteroatoms. The number of imidazole rings is 1. The minimum atomic E-state index is -3.25. The van der Waals surface area contributed by atoms with Gasteiger partial charge >= 0.3 is 0 Å². The average Bonchev–Trinajstić information content (AvgIpc) is 2.91. The van der Waals surface area contributed by atoms with Gasteiger partial charge in [-0.25, -0.2) is 23.1 Å². The van der Waals surface area contributed by atoms with Crippen LogP contribution in [-0.4, -0.2) is 40.7 Å². The van der Waals surface area contributed by atoms with Gasteiger partial charge in [-0.3, -0.25) is 4.98 Å². The number of hydrogen-bond acceptors (Lipinski definition) is 6. The molecular weight excluding hydrogens is 340 g/mol. The number of nitrogen functional groups attached to an aromatic ring is 1. The van der Waals surface area contributed by atoms with Gasteiger partial charge in [-0.2, -0.15) is 0 Å². The molecule has 3 rings (SSSR count). The second-order valence-corrected chi connectivity index (χ2v) is 7.85. The summed E-state index contributed by atoms with van der Waals surface area (Å²) >= 11 is 0. The molecule has 0 saturated heterocycles. The van der Waals surface area contributed by atoms with E-state index >= 15 is 0 Å². The van der Waals surface area contributed by atoms with Crippen LogP contribution in [-0.2, 0) is 23.0 Å². The topological polar surface area (TPSA) is 116 Å². The first-order valence-electron chi connectivity index (χ1n) is 8.24. The van der Waals surface area contributed by atoms with Crippen molar-refractivity contribution in [2.45, 2.75) is 32.7 Å². The Morgan fingerprint density at radius 2 is 2.08 bits per heavy atom. The van der Waals surface area contributed by atoms with E-state index in [-0.39, 0.29) is 6.54 Å². The molecule has 3 heterocycles. The van der Waals surface area contributed by atoms with Crippen LogP contribution in [0.3, 0.4) is 0 Å². The monoisotopic (exact) mass is 362 g/mol. The third-order valence-corrected chi connectivity index (χ3v) is 4.72. The van der Waals surface area contributed by atoms with Crippen LogP contribution in [0.15, 0.2) is 18.3 Å². The first-order chi connectivity index (χ1) is 11.9. The minimum Gasteiger partial charge on any atom is -0.382 e. The summed E-state index contributed by atoms with van der Waals surface area (Å²) in [6.07, 6.45) is 5.67. The van der Waals surface area contributed by atoms with Crippen LogP contribution in [0, 0.1) is 0 Å². The lowest BCUT2D eigenvalue weighted by Gasteiger charge is -2.10. The molecule has 3 aromatic heterocycles. The van der Waals surface area contributed by atoms with Crippen LogP contribution in [0.2, 0.25) is 0 Å². The highest BCUT2D eigenvalue weighted by atomic mass is 32.2. The number of fused-ring (bicyclic) bond motifs is 3. The highest BCUT2D eigenvalue weighted by molar-refractivity contribution is 7.88. The third-order valence-electron chi connectivity index (χ3n) is 3.99. The zero-order valence-corrected chi connectivity index (χ0v) is 15.2. The summed E-state index contributed by atoms with van der Waals surface area (Å²) in [5.74, 6) is 1.24. The molecule has 0 atom stereocenters. The maximum Gasteiger partial charge on any atom is 0.208 e. The van der Waals surface area contributed by atoms with Gasteiger partial charge in [-0.15, -0.1) is 0 Å². The molecule has 25 heavy (non-hydrogen) atoms. The molecule has 0 saturated carbocycles. The average molecular weight is 362 g/mol.